The SMILES string of the molecule is CC.CC(C)c1cc(C(=O)N2CC(O)C(F)(F)C2)ccn1.CC(C)c1cc(C(=O)N2CC(O)C(F)C2)ccn1. The van der Waals surface area contributed by atoms with Gasteiger partial charge in [-0.3, -0.25) is 19.6 Å². The number of carbonyl (C=O) groups is 2. The van der Waals surface area contributed by atoms with Crippen LogP contribution in [0, 0.1) is 0 Å². The first kappa shape index (κ1) is 32.2. The maximum atomic E-state index is 13.2. The van der Waals surface area contributed by atoms with Crippen molar-refractivity contribution in [2.45, 2.75) is 77.7 Å². The lowest BCUT2D eigenvalue weighted by molar-refractivity contribution is -0.0727. The van der Waals surface area contributed by atoms with Gasteiger partial charge in [0.15, 0.2) is 0 Å². The second-order valence-corrected chi connectivity index (χ2v) is 10.0. The molecule has 4 heterocycles. The topological polar surface area (TPSA) is 107 Å². The van der Waals surface area contributed by atoms with Gasteiger partial charge in [-0.15, -0.1) is 0 Å². The van der Waals surface area contributed by atoms with E-state index in [4.69, 9.17) is 0 Å². The maximum absolute atomic E-state index is 13.2. The molecule has 3 atom stereocenters. The first-order valence-corrected chi connectivity index (χ1v) is 13.2. The van der Waals surface area contributed by atoms with Gasteiger partial charge in [0, 0.05) is 41.5 Å². The zero-order valence-corrected chi connectivity index (χ0v) is 23.3. The summed E-state index contributed by atoms with van der Waals surface area (Å²) in [5.74, 6) is -3.60. The summed E-state index contributed by atoms with van der Waals surface area (Å²) in [6, 6.07) is 6.45. The fourth-order valence-corrected chi connectivity index (χ4v) is 3.99. The van der Waals surface area contributed by atoms with Crippen molar-refractivity contribution in [1.29, 1.82) is 0 Å². The van der Waals surface area contributed by atoms with Gasteiger partial charge in [0.2, 0.25) is 0 Å². The quantitative estimate of drug-likeness (QED) is 0.593. The summed E-state index contributed by atoms with van der Waals surface area (Å²) in [7, 11) is 0. The number of amides is 2. The van der Waals surface area contributed by atoms with Crippen molar-refractivity contribution in [2.75, 3.05) is 26.2 Å². The normalized spacial score (nSPS) is 21.8. The minimum atomic E-state index is -3.23. The van der Waals surface area contributed by atoms with E-state index in [0.29, 0.717) is 11.1 Å². The fourth-order valence-electron chi connectivity index (χ4n) is 3.99. The van der Waals surface area contributed by atoms with Crippen molar-refractivity contribution in [2.24, 2.45) is 0 Å². The fraction of sp³-hybridized carbons (Fsp3) is 0.571. The van der Waals surface area contributed by atoms with Crippen LogP contribution in [0.5, 0.6) is 0 Å². The lowest BCUT2D eigenvalue weighted by Gasteiger charge is -2.16. The van der Waals surface area contributed by atoms with Crippen molar-refractivity contribution in [3.8, 4) is 0 Å². The second-order valence-electron chi connectivity index (χ2n) is 10.0. The highest BCUT2D eigenvalue weighted by Crippen LogP contribution is 2.28. The molecule has 0 bridgehead atoms. The molecule has 2 amide bonds. The summed E-state index contributed by atoms with van der Waals surface area (Å²) in [6.45, 7) is 10.8. The van der Waals surface area contributed by atoms with Crippen LogP contribution in [-0.4, -0.2) is 92.3 Å². The minimum absolute atomic E-state index is 0.0423. The number of aliphatic hydroxyl groups is 2. The molecule has 216 valence electrons. The highest BCUT2D eigenvalue weighted by Gasteiger charge is 2.48. The summed E-state index contributed by atoms with van der Waals surface area (Å²) in [5.41, 5.74) is 2.38. The van der Waals surface area contributed by atoms with Gasteiger partial charge in [-0.05, 0) is 36.1 Å². The molecule has 2 fully saturated rings. The number of nitrogens with zero attached hydrogens (tertiary/aromatic N) is 4. The standard InChI is InChI=1S/C13H16F2N2O2.C13H17FN2O2.C2H6/c1-8(2)10-5-9(3-4-16-10)12(19)17-6-11(18)13(14,15)7-17;1-8(2)11-5-9(3-4-15-11)13(18)16-6-10(14)12(17)7-16;1-2/h3-5,8,11,18H,6-7H2,1-2H3;3-5,8,10,12,17H,6-7H2,1-2H3;1-2H3. The Hall–Kier alpha value is -3.05. The molecule has 2 N–H and O–H groups in total. The maximum Gasteiger partial charge on any atom is 0.292 e. The third-order valence-electron chi connectivity index (χ3n) is 6.32. The summed E-state index contributed by atoms with van der Waals surface area (Å²) >= 11 is 0. The molecule has 8 nitrogen and oxygen atoms in total. The van der Waals surface area contributed by atoms with Crippen LogP contribution in [0.1, 0.15) is 85.5 Å². The van der Waals surface area contributed by atoms with Crippen molar-refractivity contribution < 1.29 is 33.0 Å². The Bertz CT molecular complexity index is 1110. The lowest BCUT2D eigenvalue weighted by Crippen LogP contribution is -2.32. The molecule has 3 unspecified atom stereocenters. The van der Waals surface area contributed by atoms with Gasteiger partial charge in [-0.1, -0.05) is 41.5 Å². The Morgan fingerprint density at radius 2 is 1.33 bits per heavy atom. The van der Waals surface area contributed by atoms with Crippen molar-refractivity contribution >= 4 is 11.8 Å². The Labute approximate surface area is 227 Å². The molecule has 39 heavy (non-hydrogen) atoms. The highest BCUT2D eigenvalue weighted by molar-refractivity contribution is 5.95. The van der Waals surface area contributed by atoms with Crippen LogP contribution in [0.4, 0.5) is 13.2 Å². The Balaban J connectivity index is 0.000000258. The molecule has 2 aliphatic rings. The molecule has 2 aliphatic heterocycles. The van der Waals surface area contributed by atoms with Crippen LogP contribution in [0.2, 0.25) is 0 Å². The third-order valence-corrected chi connectivity index (χ3v) is 6.32. The first-order chi connectivity index (χ1) is 18.3. The number of likely N-dealkylation sites (tertiary alicyclic amines) is 2. The molecular formula is C28H39F3N4O4. The van der Waals surface area contributed by atoms with E-state index < -0.39 is 36.8 Å². The number of aromatic nitrogens is 2. The number of hydrogen-bond acceptors (Lipinski definition) is 6. The van der Waals surface area contributed by atoms with E-state index in [9.17, 15) is 33.0 Å². The summed E-state index contributed by atoms with van der Waals surface area (Å²) in [5, 5.41) is 18.5. The summed E-state index contributed by atoms with van der Waals surface area (Å²) in [4.78, 5) is 34.9. The van der Waals surface area contributed by atoms with Gasteiger partial charge < -0.3 is 20.0 Å². The van der Waals surface area contributed by atoms with E-state index in [2.05, 4.69) is 9.97 Å². The molecular weight excluding hydrogens is 513 g/mol. The number of hydrogen-bond donors (Lipinski definition) is 2. The van der Waals surface area contributed by atoms with Crippen LogP contribution in [0.25, 0.3) is 0 Å². The summed E-state index contributed by atoms with van der Waals surface area (Å²) in [6.07, 6.45) is -1.13. The van der Waals surface area contributed by atoms with E-state index in [1.54, 1.807) is 24.4 Å². The third kappa shape index (κ3) is 8.22. The Kier molecular flexibility index (Phi) is 11.4. The number of rotatable bonds is 4. The number of carbonyl (C=O) groups excluding carboxylic acids is 2. The predicted molar refractivity (Wildman–Crippen MR) is 142 cm³/mol. The van der Waals surface area contributed by atoms with Crippen LogP contribution >= 0.6 is 0 Å². The molecule has 0 aliphatic carbocycles. The Morgan fingerprint density at radius 1 is 0.872 bits per heavy atom. The van der Waals surface area contributed by atoms with E-state index >= 15 is 0 Å². The smallest absolute Gasteiger partial charge is 0.292 e. The van der Waals surface area contributed by atoms with Gasteiger partial charge in [-0.2, -0.15) is 0 Å². The van der Waals surface area contributed by atoms with Gasteiger partial charge in [-0.25, -0.2) is 13.2 Å². The molecule has 2 saturated heterocycles. The first-order valence-electron chi connectivity index (χ1n) is 13.2. The molecule has 0 radical (unpaired) electrons. The number of aliphatic hydroxyl groups excluding tert-OH is 2. The number of alkyl halides is 3. The number of halogens is 3. The van der Waals surface area contributed by atoms with Crippen molar-refractivity contribution in [1.82, 2.24) is 19.8 Å². The molecule has 11 heteroatoms. The predicted octanol–water partition coefficient (Wildman–Crippen LogP) is 4.04. The molecule has 4 rings (SSSR count). The van der Waals surface area contributed by atoms with Gasteiger partial charge in [0.1, 0.15) is 18.4 Å². The van der Waals surface area contributed by atoms with E-state index in [-0.39, 0.29) is 37.4 Å². The molecule has 2 aromatic rings. The molecule has 0 saturated carbocycles. The zero-order valence-electron chi connectivity index (χ0n) is 23.3. The van der Waals surface area contributed by atoms with Crippen LogP contribution in [0.15, 0.2) is 36.7 Å². The highest BCUT2D eigenvalue weighted by atomic mass is 19.3. The van der Waals surface area contributed by atoms with Crippen molar-refractivity contribution in [3.05, 3.63) is 59.2 Å². The van der Waals surface area contributed by atoms with Gasteiger partial charge in [0.05, 0.1) is 19.6 Å². The van der Waals surface area contributed by atoms with E-state index in [0.717, 1.165) is 16.3 Å². The lowest BCUT2D eigenvalue weighted by atomic mass is 10.1. The average Bonchev–Trinajstić information content (AvgIpc) is 3.40. The Morgan fingerprint density at radius 3 is 1.69 bits per heavy atom. The van der Waals surface area contributed by atoms with Gasteiger partial charge >= 0.3 is 0 Å². The molecule has 2 aromatic heterocycles. The van der Waals surface area contributed by atoms with Crippen molar-refractivity contribution in [3.63, 3.8) is 0 Å². The van der Waals surface area contributed by atoms with Crippen LogP contribution in [-0.2, 0) is 0 Å². The summed E-state index contributed by atoms with van der Waals surface area (Å²) < 4.78 is 39.6. The van der Waals surface area contributed by atoms with E-state index in [1.165, 1.54) is 17.2 Å². The average molecular weight is 553 g/mol. The number of β-amino-alcohol motifs (C(OH)–C–C–N with tert-alkyl or cyclic N) is 2. The second kappa shape index (κ2) is 13.8. The monoisotopic (exact) mass is 552 g/mol. The van der Waals surface area contributed by atoms with Crippen LogP contribution < -0.4 is 0 Å². The molecule has 0 aromatic carbocycles. The largest absolute Gasteiger partial charge is 0.388 e. The molecule has 0 spiro atoms. The van der Waals surface area contributed by atoms with E-state index in [1.807, 2.05) is 41.5 Å². The number of pyridine rings is 2. The van der Waals surface area contributed by atoms with Crippen LogP contribution in [0.3, 0.4) is 0 Å². The van der Waals surface area contributed by atoms with Gasteiger partial charge in [0.25, 0.3) is 17.7 Å². The zero-order chi connectivity index (χ0) is 29.5. The minimum Gasteiger partial charge on any atom is -0.388 e.